The third-order valence-electron chi connectivity index (χ3n) is 2.98. The fourth-order valence-electron chi connectivity index (χ4n) is 1.80. The van der Waals surface area contributed by atoms with Crippen LogP contribution >= 0.6 is 27.5 Å². The first-order valence-corrected chi connectivity index (χ1v) is 7.26. The molecule has 5 heteroatoms. The van der Waals surface area contributed by atoms with Gasteiger partial charge in [0.1, 0.15) is 0 Å². The highest BCUT2D eigenvalue weighted by Gasteiger charge is 2.12. The number of anilines is 1. The van der Waals surface area contributed by atoms with Crippen LogP contribution in [-0.2, 0) is 0 Å². The van der Waals surface area contributed by atoms with Crippen LogP contribution in [0.25, 0.3) is 0 Å². The highest BCUT2D eigenvalue weighted by atomic mass is 79.9. The Balaban J connectivity index is 2.10. The number of hydrogen-bond donors (Lipinski definition) is 2. The summed E-state index contributed by atoms with van der Waals surface area (Å²) in [7, 11) is 0. The summed E-state index contributed by atoms with van der Waals surface area (Å²) in [6.07, 6.45) is 0. The monoisotopic (exact) mass is 352 g/mol. The average Bonchev–Trinajstić information content (AvgIpc) is 2.42. The van der Waals surface area contributed by atoms with Gasteiger partial charge in [-0.2, -0.15) is 0 Å². The van der Waals surface area contributed by atoms with Crippen LogP contribution in [0.3, 0.4) is 0 Å². The minimum Gasteiger partial charge on any atom is -0.398 e. The van der Waals surface area contributed by atoms with E-state index in [1.54, 1.807) is 18.2 Å². The van der Waals surface area contributed by atoms with Gasteiger partial charge in [-0.3, -0.25) is 4.79 Å². The van der Waals surface area contributed by atoms with Gasteiger partial charge in [0.15, 0.2) is 0 Å². The molecule has 0 spiro atoms. The Morgan fingerprint density at radius 2 is 1.90 bits per heavy atom. The number of halogens is 2. The Bertz CT molecular complexity index is 628. The zero-order valence-corrected chi connectivity index (χ0v) is 13.2. The second-order valence-corrected chi connectivity index (χ2v) is 5.81. The van der Waals surface area contributed by atoms with Gasteiger partial charge < -0.3 is 11.1 Å². The molecule has 0 radical (unpaired) electrons. The largest absolute Gasteiger partial charge is 0.398 e. The van der Waals surface area contributed by atoms with E-state index >= 15 is 0 Å². The molecule has 0 aromatic heterocycles. The van der Waals surface area contributed by atoms with E-state index in [-0.39, 0.29) is 11.9 Å². The Labute approximate surface area is 131 Å². The van der Waals surface area contributed by atoms with Gasteiger partial charge in [-0.25, -0.2) is 0 Å². The molecule has 104 valence electrons. The molecule has 0 saturated heterocycles. The minimum atomic E-state index is -0.177. The van der Waals surface area contributed by atoms with Crippen LogP contribution < -0.4 is 11.1 Å². The van der Waals surface area contributed by atoms with Crippen LogP contribution in [0.2, 0.25) is 5.02 Å². The van der Waals surface area contributed by atoms with E-state index < -0.39 is 0 Å². The van der Waals surface area contributed by atoms with Gasteiger partial charge in [-0.1, -0.05) is 39.7 Å². The van der Waals surface area contributed by atoms with Crippen molar-refractivity contribution in [2.24, 2.45) is 0 Å². The lowest BCUT2D eigenvalue weighted by atomic mass is 10.1. The lowest BCUT2D eigenvalue weighted by Gasteiger charge is -2.15. The molecule has 0 aliphatic carbocycles. The predicted octanol–water partition coefficient (Wildman–Crippen LogP) is 4.18. The van der Waals surface area contributed by atoms with Crippen molar-refractivity contribution in [2.45, 2.75) is 13.0 Å². The number of carbonyl (C=O) groups excluding carboxylic acids is 1. The van der Waals surface area contributed by atoms with Crippen LogP contribution in [0.1, 0.15) is 28.9 Å². The van der Waals surface area contributed by atoms with Gasteiger partial charge in [-0.05, 0) is 42.8 Å². The standard InChI is InChI=1S/C15H14BrClN2O/c1-9(10-2-5-12(16)6-3-10)19-15(20)11-4-7-13(17)14(18)8-11/h2-9H,18H2,1H3,(H,19,20). The topological polar surface area (TPSA) is 55.1 Å². The summed E-state index contributed by atoms with van der Waals surface area (Å²) in [5.74, 6) is -0.177. The van der Waals surface area contributed by atoms with E-state index in [4.69, 9.17) is 17.3 Å². The molecule has 1 amide bonds. The van der Waals surface area contributed by atoms with Gasteiger partial charge in [0.2, 0.25) is 0 Å². The summed E-state index contributed by atoms with van der Waals surface area (Å²) in [6.45, 7) is 1.93. The Morgan fingerprint density at radius 1 is 1.25 bits per heavy atom. The zero-order valence-electron chi connectivity index (χ0n) is 10.9. The maximum Gasteiger partial charge on any atom is 0.251 e. The van der Waals surface area contributed by atoms with Crippen LogP contribution in [-0.4, -0.2) is 5.91 Å². The van der Waals surface area contributed by atoms with Crippen molar-refractivity contribution >= 4 is 39.1 Å². The molecule has 0 bridgehead atoms. The number of carbonyl (C=O) groups is 1. The molecule has 0 aliphatic heterocycles. The number of hydrogen-bond acceptors (Lipinski definition) is 2. The molecule has 2 aromatic rings. The third-order valence-corrected chi connectivity index (χ3v) is 3.85. The molecule has 0 fully saturated rings. The first-order valence-electron chi connectivity index (χ1n) is 6.08. The number of nitrogens with one attached hydrogen (secondary N) is 1. The predicted molar refractivity (Wildman–Crippen MR) is 85.9 cm³/mol. The fourth-order valence-corrected chi connectivity index (χ4v) is 2.18. The molecular formula is C15H14BrClN2O. The first kappa shape index (κ1) is 14.9. The highest BCUT2D eigenvalue weighted by molar-refractivity contribution is 9.10. The second kappa shape index (κ2) is 6.29. The summed E-state index contributed by atoms with van der Waals surface area (Å²) in [6, 6.07) is 12.6. The maximum atomic E-state index is 12.1. The van der Waals surface area contributed by atoms with Gasteiger partial charge in [0, 0.05) is 10.0 Å². The van der Waals surface area contributed by atoms with Crippen molar-refractivity contribution in [3.8, 4) is 0 Å². The van der Waals surface area contributed by atoms with E-state index in [9.17, 15) is 4.79 Å². The molecule has 2 rings (SSSR count). The smallest absolute Gasteiger partial charge is 0.251 e. The number of amides is 1. The summed E-state index contributed by atoms with van der Waals surface area (Å²) in [4.78, 5) is 12.1. The van der Waals surface area contributed by atoms with E-state index in [1.807, 2.05) is 31.2 Å². The molecule has 3 nitrogen and oxygen atoms in total. The van der Waals surface area contributed by atoms with E-state index in [1.165, 1.54) is 0 Å². The third kappa shape index (κ3) is 3.52. The van der Waals surface area contributed by atoms with Crippen LogP contribution in [0.5, 0.6) is 0 Å². The first-order chi connectivity index (χ1) is 9.47. The number of rotatable bonds is 3. The minimum absolute atomic E-state index is 0.0903. The van der Waals surface area contributed by atoms with E-state index in [0.29, 0.717) is 16.3 Å². The molecule has 1 atom stereocenters. The average molecular weight is 354 g/mol. The Hall–Kier alpha value is -1.52. The van der Waals surface area contributed by atoms with Crippen LogP contribution in [0.15, 0.2) is 46.9 Å². The number of nitrogens with two attached hydrogens (primary N) is 1. The molecule has 3 N–H and O–H groups in total. The number of benzene rings is 2. The SMILES string of the molecule is CC(NC(=O)c1ccc(Cl)c(N)c1)c1ccc(Br)cc1. The molecule has 0 heterocycles. The summed E-state index contributed by atoms with van der Waals surface area (Å²) in [5, 5.41) is 3.37. The summed E-state index contributed by atoms with van der Waals surface area (Å²) < 4.78 is 1.00. The second-order valence-electron chi connectivity index (χ2n) is 4.48. The van der Waals surface area contributed by atoms with Crippen LogP contribution in [0, 0.1) is 0 Å². The van der Waals surface area contributed by atoms with Crippen molar-refractivity contribution in [1.82, 2.24) is 5.32 Å². The summed E-state index contributed by atoms with van der Waals surface area (Å²) >= 11 is 9.22. The van der Waals surface area contributed by atoms with Crippen molar-refractivity contribution in [3.63, 3.8) is 0 Å². The Morgan fingerprint density at radius 3 is 2.50 bits per heavy atom. The molecule has 20 heavy (non-hydrogen) atoms. The van der Waals surface area contributed by atoms with Gasteiger partial charge >= 0.3 is 0 Å². The molecule has 2 aromatic carbocycles. The number of nitrogen functional groups attached to an aromatic ring is 1. The Kier molecular flexibility index (Phi) is 4.68. The lowest BCUT2D eigenvalue weighted by molar-refractivity contribution is 0.0940. The van der Waals surface area contributed by atoms with E-state index in [0.717, 1.165) is 10.0 Å². The van der Waals surface area contributed by atoms with Crippen molar-refractivity contribution in [3.05, 3.63) is 63.1 Å². The molecule has 1 unspecified atom stereocenters. The van der Waals surface area contributed by atoms with Crippen molar-refractivity contribution < 1.29 is 4.79 Å². The maximum absolute atomic E-state index is 12.1. The fraction of sp³-hybridized carbons (Fsp3) is 0.133. The highest BCUT2D eigenvalue weighted by Crippen LogP contribution is 2.21. The van der Waals surface area contributed by atoms with Crippen molar-refractivity contribution in [2.75, 3.05) is 5.73 Å². The molecule has 0 saturated carbocycles. The van der Waals surface area contributed by atoms with Gasteiger partial charge in [0.25, 0.3) is 5.91 Å². The van der Waals surface area contributed by atoms with E-state index in [2.05, 4.69) is 21.2 Å². The lowest BCUT2D eigenvalue weighted by Crippen LogP contribution is -2.26. The quantitative estimate of drug-likeness (QED) is 0.813. The normalized spacial score (nSPS) is 11.9. The van der Waals surface area contributed by atoms with Crippen LogP contribution in [0.4, 0.5) is 5.69 Å². The molecular weight excluding hydrogens is 340 g/mol. The van der Waals surface area contributed by atoms with Gasteiger partial charge in [-0.15, -0.1) is 0 Å². The zero-order chi connectivity index (χ0) is 14.7. The van der Waals surface area contributed by atoms with Gasteiger partial charge in [0.05, 0.1) is 16.8 Å². The molecule has 0 aliphatic rings. The van der Waals surface area contributed by atoms with Crippen molar-refractivity contribution in [1.29, 1.82) is 0 Å². The summed E-state index contributed by atoms with van der Waals surface area (Å²) in [5.41, 5.74) is 7.63.